The van der Waals surface area contributed by atoms with Crippen molar-refractivity contribution in [2.24, 2.45) is 0 Å². The van der Waals surface area contributed by atoms with Crippen molar-refractivity contribution in [3.8, 4) is 0 Å². The number of carbonyl (C=O) groups is 1. The smallest absolute Gasteiger partial charge is 0.341 e. The summed E-state index contributed by atoms with van der Waals surface area (Å²) in [6.07, 6.45) is 1.98. The summed E-state index contributed by atoms with van der Waals surface area (Å²) >= 11 is 15.5. The first-order valence-corrected chi connectivity index (χ1v) is 11.3. The van der Waals surface area contributed by atoms with Crippen LogP contribution < -0.4 is 0 Å². The number of ether oxygens (including phenoxy) is 1. The van der Waals surface area contributed by atoms with E-state index in [9.17, 15) is 9.90 Å². The lowest BCUT2D eigenvalue weighted by atomic mass is 10.2. The van der Waals surface area contributed by atoms with E-state index < -0.39 is 5.97 Å². The van der Waals surface area contributed by atoms with E-state index in [4.69, 9.17) is 27.9 Å². The minimum absolute atomic E-state index is 0.0120. The molecular weight excluding hydrogens is 449 g/mol. The van der Waals surface area contributed by atoms with Crippen molar-refractivity contribution in [2.45, 2.75) is 17.1 Å². The topological polar surface area (TPSA) is 59.4 Å². The zero-order valence-corrected chi connectivity index (χ0v) is 18.3. The molecule has 150 valence electrons. The van der Waals surface area contributed by atoms with Gasteiger partial charge < -0.3 is 9.84 Å². The monoisotopic (exact) mass is 465 g/mol. The van der Waals surface area contributed by atoms with Crippen LogP contribution in [0.4, 0.5) is 0 Å². The fourth-order valence-corrected chi connectivity index (χ4v) is 4.74. The number of aliphatic carboxylic acids is 1. The Bertz CT molecular complexity index is 987. The van der Waals surface area contributed by atoms with Gasteiger partial charge >= 0.3 is 5.97 Å². The second kappa shape index (κ2) is 10.7. The van der Waals surface area contributed by atoms with Crippen molar-refractivity contribution in [1.82, 2.24) is 4.98 Å². The van der Waals surface area contributed by atoms with Gasteiger partial charge in [0.25, 0.3) is 0 Å². The number of rotatable bonds is 9. The summed E-state index contributed by atoms with van der Waals surface area (Å²) in [5.41, 5.74) is 2.24. The molecule has 2 heterocycles. The lowest BCUT2D eigenvalue weighted by molar-refractivity contribution is -0.130. The molecule has 0 radical (unpaired) electrons. The zero-order chi connectivity index (χ0) is 20.6. The van der Waals surface area contributed by atoms with Gasteiger partial charge in [-0.05, 0) is 46.7 Å². The van der Waals surface area contributed by atoms with E-state index in [0.29, 0.717) is 33.8 Å². The highest BCUT2D eigenvalue weighted by atomic mass is 35.5. The van der Waals surface area contributed by atoms with Gasteiger partial charge in [-0.2, -0.15) is 11.3 Å². The summed E-state index contributed by atoms with van der Waals surface area (Å²) < 4.78 is 5.47. The van der Waals surface area contributed by atoms with Crippen molar-refractivity contribution in [1.29, 1.82) is 0 Å². The minimum Gasteiger partial charge on any atom is -0.500 e. The van der Waals surface area contributed by atoms with Crippen LogP contribution in [0.1, 0.15) is 17.0 Å². The van der Waals surface area contributed by atoms with Crippen molar-refractivity contribution < 1.29 is 14.6 Å². The lowest BCUT2D eigenvalue weighted by Crippen LogP contribution is -2.05. The Hall–Kier alpha value is -1.99. The van der Waals surface area contributed by atoms with Crippen LogP contribution in [-0.2, 0) is 21.7 Å². The number of aromatic nitrogens is 1. The molecule has 8 heteroatoms. The van der Waals surface area contributed by atoms with Crippen LogP contribution in [0.2, 0.25) is 10.0 Å². The van der Waals surface area contributed by atoms with E-state index >= 15 is 0 Å². The van der Waals surface area contributed by atoms with Crippen LogP contribution in [-0.4, -0.2) is 22.7 Å². The highest BCUT2D eigenvalue weighted by molar-refractivity contribution is 7.98. The fraction of sp³-hybridized carbons (Fsp3) is 0.143. The summed E-state index contributed by atoms with van der Waals surface area (Å²) in [6.45, 7) is 0.397. The number of halogens is 2. The predicted molar refractivity (Wildman–Crippen MR) is 120 cm³/mol. The summed E-state index contributed by atoms with van der Waals surface area (Å²) in [7, 11) is 0. The Morgan fingerprint density at radius 2 is 1.93 bits per heavy atom. The molecule has 4 nitrogen and oxygen atoms in total. The first-order chi connectivity index (χ1) is 14.0. The molecule has 1 N–H and O–H groups in total. The maximum Gasteiger partial charge on any atom is 0.341 e. The average molecular weight is 466 g/mol. The third-order valence-corrected chi connectivity index (χ3v) is 6.64. The summed E-state index contributed by atoms with van der Waals surface area (Å²) in [5, 5.41) is 14.7. The molecule has 0 bridgehead atoms. The summed E-state index contributed by atoms with van der Waals surface area (Å²) in [5.74, 6) is -0.588. The van der Waals surface area contributed by atoms with Gasteiger partial charge in [0, 0.05) is 17.1 Å². The van der Waals surface area contributed by atoms with E-state index in [0.717, 1.165) is 16.9 Å². The van der Waals surface area contributed by atoms with Gasteiger partial charge in [0.05, 0.1) is 34.3 Å². The van der Waals surface area contributed by atoms with E-state index in [-0.39, 0.29) is 5.57 Å². The third-order valence-electron chi connectivity index (χ3n) is 3.89. The predicted octanol–water partition coefficient (Wildman–Crippen LogP) is 6.43. The molecule has 3 rings (SSSR count). The van der Waals surface area contributed by atoms with Crippen molar-refractivity contribution in [3.05, 3.63) is 86.5 Å². The quantitative estimate of drug-likeness (QED) is 0.171. The van der Waals surface area contributed by atoms with Gasteiger partial charge in [-0.15, -0.1) is 11.8 Å². The van der Waals surface area contributed by atoms with Crippen molar-refractivity contribution in [2.75, 3.05) is 6.61 Å². The molecule has 0 aliphatic rings. The molecule has 0 aliphatic heterocycles. The van der Waals surface area contributed by atoms with Gasteiger partial charge in [0.15, 0.2) is 0 Å². The highest BCUT2D eigenvalue weighted by Gasteiger charge is 2.14. The van der Waals surface area contributed by atoms with Crippen LogP contribution in [0.25, 0.3) is 5.57 Å². The van der Waals surface area contributed by atoms with E-state index in [1.807, 2.05) is 22.9 Å². The Labute approximate surface area is 187 Å². The summed E-state index contributed by atoms with van der Waals surface area (Å²) in [6, 6.07) is 12.6. The number of carboxylic acids is 1. The Morgan fingerprint density at radius 3 is 2.62 bits per heavy atom. The van der Waals surface area contributed by atoms with Gasteiger partial charge in [-0.25, -0.2) is 4.79 Å². The van der Waals surface area contributed by atoms with Gasteiger partial charge in [0.2, 0.25) is 0 Å². The highest BCUT2D eigenvalue weighted by Crippen LogP contribution is 2.35. The normalized spacial score (nSPS) is 11.4. The van der Waals surface area contributed by atoms with E-state index in [1.165, 1.54) is 18.0 Å². The molecule has 0 aliphatic carbocycles. The van der Waals surface area contributed by atoms with Crippen LogP contribution in [0, 0.1) is 0 Å². The Balaban J connectivity index is 1.68. The molecule has 0 atom stereocenters. The molecule has 1 aromatic carbocycles. The van der Waals surface area contributed by atoms with Crippen molar-refractivity contribution in [3.63, 3.8) is 0 Å². The van der Waals surface area contributed by atoms with Gasteiger partial charge in [-0.3, -0.25) is 4.98 Å². The number of thiophene rings is 1. The van der Waals surface area contributed by atoms with Crippen LogP contribution in [0.15, 0.2) is 64.4 Å². The molecule has 0 fully saturated rings. The first kappa shape index (κ1) is 21.7. The zero-order valence-electron chi connectivity index (χ0n) is 15.2. The Morgan fingerprint density at radius 1 is 1.17 bits per heavy atom. The molecule has 0 saturated heterocycles. The SMILES string of the molecule is O=C(O)C(=COCCc1ccsc1)c1cccc(CSc2c(Cl)cccc2Cl)n1. The maximum absolute atomic E-state index is 11.7. The molecule has 0 saturated carbocycles. The van der Waals surface area contributed by atoms with Crippen LogP contribution >= 0.6 is 46.3 Å². The first-order valence-electron chi connectivity index (χ1n) is 8.64. The average Bonchev–Trinajstić information content (AvgIpc) is 3.21. The number of pyridine rings is 1. The van der Waals surface area contributed by atoms with Gasteiger partial charge in [0.1, 0.15) is 5.57 Å². The molecule has 0 amide bonds. The molecule has 2 aromatic heterocycles. The Kier molecular flexibility index (Phi) is 8.00. The van der Waals surface area contributed by atoms with E-state index in [1.54, 1.807) is 41.7 Å². The number of nitrogens with zero attached hydrogens (tertiary/aromatic N) is 1. The molecular formula is C21H17Cl2NO3S2. The second-order valence-electron chi connectivity index (χ2n) is 5.94. The molecule has 0 unspecified atom stereocenters. The molecule has 29 heavy (non-hydrogen) atoms. The van der Waals surface area contributed by atoms with Crippen molar-refractivity contribution >= 4 is 57.8 Å². The van der Waals surface area contributed by atoms with Crippen LogP contribution in [0.3, 0.4) is 0 Å². The minimum atomic E-state index is -1.09. The number of benzene rings is 1. The number of hydrogen-bond acceptors (Lipinski definition) is 5. The standard InChI is InChI=1S/C21H17Cl2NO3S2/c22-17-4-2-5-18(23)20(17)29-13-15-3-1-6-19(24-15)16(21(25)26)11-27-9-7-14-8-10-28-12-14/h1-6,8,10-12H,7,9,13H2,(H,25,26). The van der Waals surface area contributed by atoms with Crippen LogP contribution in [0.5, 0.6) is 0 Å². The fourth-order valence-electron chi connectivity index (χ4n) is 2.45. The molecule has 3 aromatic rings. The maximum atomic E-state index is 11.7. The largest absolute Gasteiger partial charge is 0.500 e. The second-order valence-corrected chi connectivity index (χ2v) is 8.52. The third kappa shape index (κ3) is 6.24. The number of hydrogen-bond donors (Lipinski definition) is 1. The number of thioether (sulfide) groups is 1. The molecule has 0 spiro atoms. The number of carboxylic acid groups (broad SMARTS) is 1. The van der Waals surface area contributed by atoms with Gasteiger partial charge in [-0.1, -0.05) is 35.3 Å². The van der Waals surface area contributed by atoms with E-state index in [2.05, 4.69) is 4.98 Å². The summed E-state index contributed by atoms with van der Waals surface area (Å²) in [4.78, 5) is 16.9. The lowest BCUT2D eigenvalue weighted by Gasteiger charge is -2.08.